The molecule has 3 N–H and O–H groups in total. The van der Waals surface area contributed by atoms with Gasteiger partial charge in [0.15, 0.2) is 0 Å². The minimum Gasteiger partial charge on any atom is -0.389 e. The molecule has 3 rings (SSSR count). The van der Waals surface area contributed by atoms with E-state index in [1.807, 2.05) is 24.3 Å². The average molecular weight is 316 g/mol. The largest absolute Gasteiger partial charge is 0.389 e. The van der Waals surface area contributed by atoms with E-state index in [-0.39, 0.29) is 12.3 Å². The van der Waals surface area contributed by atoms with Crippen LogP contribution in [0.15, 0.2) is 24.3 Å². The predicted molar refractivity (Wildman–Crippen MR) is 86.3 cm³/mol. The lowest BCUT2D eigenvalue weighted by atomic mass is 9.81. The summed E-state index contributed by atoms with van der Waals surface area (Å²) in [7, 11) is 0. The molecule has 5 nitrogen and oxygen atoms in total. The van der Waals surface area contributed by atoms with Crippen molar-refractivity contribution >= 4 is 11.8 Å². The van der Waals surface area contributed by atoms with E-state index in [0.717, 1.165) is 30.4 Å². The SMILES string of the molecule is NC(=O)[C@@H]1Cc2ccccc2CN1C(=O)CC1(O)CCCCC1. The Labute approximate surface area is 136 Å². The van der Waals surface area contributed by atoms with Crippen LogP contribution in [-0.4, -0.2) is 33.5 Å². The van der Waals surface area contributed by atoms with Crippen LogP contribution < -0.4 is 5.73 Å². The van der Waals surface area contributed by atoms with Gasteiger partial charge in [-0.3, -0.25) is 9.59 Å². The van der Waals surface area contributed by atoms with Crippen molar-refractivity contribution in [3.8, 4) is 0 Å². The molecule has 1 atom stereocenters. The molecule has 0 aromatic heterocycles. The molecule has 0 spiro atoms. The molecule has 1 fully saturated rings. The predicted octanol–water partition coefficient (Wildman–Crippen LogP) is 1.51. The Kier molecular flexibility index (Phi) is 4.39. The summed E-state index contributed by atoms with van der Waals surface area (Å²) < 4.78 is 0. The summed E-state index contributed by atoms with van der Waals surface area (Å²) in [5, 5.41) is 10.6. The zero-order valence-corrected chi connectivity index (χ0v) is 13.3. The third kappa shape index (κ3) is 3.39. The van der Waals surface area contributed by atoms with Crippen LogP contribution in [0, 0.1) is 0 Å². The highest BCUT2D eigenvalue weighted by Crippen LogP contribution is 2.33. The topological polar surface area (TPSA) is 83.6 Å². The maximum Gasteiger partial charge on any atom is 0.240 e. The van der Waals surface area contributed by atoms with Gasteiger partial charge in [-0.05, 0) is 24.0 Å². The molecule has 1 aromatic rings. The van der Waals surface area contributed by atoms with E-state index in [9.17, 15) is 14.7 Å². The van der Waals surface area contributed by atoms with Gasteiger partial charge in [-0.2, -0.15) is 0 Å². The fourth-order valence-electron chi connectivity index (χ4n) is 3.81. The monoisotopic (exact) mass is 316 g/mol. The van der Waals surface area contributed by atoms with Crippen LogP contribution in [0.25, 0.3) is 0 Å². The number of rotatable bonds is 3. The number of hydrogen-bond donors (Lipinski definition) is 2. The summed E-state index contributed by atoms with van der Waals surface area (Å²) in [6.45, 7) is 0.388. The van der Waals surface area contributed by atoms with Gasteiger partial charge in [0.1, 0.15) is 6.04 Å². The van der Waals surface area contributed by atoms with Gasteiger partial charge in [0.05, 0.1) is 12.0 Å². The number of fused-ring (bicyclic) bond motifs is 1. The van der Waals surface area contributed by atoms with Crippen LogP contribution >= 0.6 is 0 Å². The number of carbonyl (C=O) groups excluding carboxylic acids is 2. The Bertz CT molecular complexity index is 608. The molecule has 2 amide bonds. The first kappa shape index (κ1) is 16.0. The number of carbonyl (C=O) groups is 2. The Morgan fingerprint density at radius 1 is 1.17 bits per heavy atom. The van der Waals surface area contributed by atoms with Crippen molar-refractivity contribution in [2.24, 2.45) is 5.73 Å². The number of hydrogen-bond acceptors (Lipinski definition) is 3. The number of nitrogens with two attached hydrogens (primary N) is 1. The number of aliphatic hydroxyl groups is 1. The van der Waals surface area contributed by atoms with Gasteiger partial charge in [-0.15, -0.1) is 0 Å². The molecular formula is C18H24N2O3. The summed E-state index contributed by atoms with van der Waals surface area (Å²) in [6.07, 6.45) is 4.86. The van der Waals surface area contributed by atoms with Crippen molar-refractivity contribution in [3.63, 3.8) is 0 Å². The smallest absolute Gasteiger partial charge is 0.240 e. The number of nitrogens with zero attached hydrogens (tertiary/aromatic N) is 1. The lowest BCUT2D eigenvalue weighted by Gasteiger charge is -2.38. The van der Waals surface area contributed by atoms with Crippen LogP contribution in [0.1, 0.15) is 49.7 Å². The van der Waals surface area contributed by atoms with Crippen molar-refractivity contribution in [2.75, 3.05) is 0 Å². The summed E-state index contributed by atoms with van der Waals surface area (Å²) in [4.78, 5) is 26.1. The molecule has 1 saturated carbocycles. The molecular weight excluding hydrogens is 292 g/mol. The molecule has 124 valence electrons. The van der Waals surface area contributed by atoms with Crippen LogP contribution in [0.3, 0.4) is 0 Å². The first-order valence-corrected chi connectivity index (χ1v) is 8.36. The van der Waals surface area contributed by atoms with Crippen molar-refractivity contribution in [1.82, 2.24) is 4.90 Å². The zero-order chi connectivity index (χ0) is 16.4. The van der Waals surface area contributed by atoms with Gasteiger partial charge < -0.3 is 15.7 Å². The van der Waals surface area contributed by atoms with E-state index < -0.39 is 17.6 Å². The van der Waals surface area contributed by atoms with Crippen molar-refractivity contribution in [2.45, 2.75) is 63.1 Å². The Hall–Kier alpha value is -1.88. The molecule has 1 aliphatic heterocycles. The second-order valence-corrected chi connectivity index (χ2v) is 6.87. The Balaban J connectivity index is 1.79. The molecule has 0 bridgehead atoms. The zero-order valence-electron chi connectivity index (χ0n) is 13.3. The first-order chi connectivity index (χ1) is 11.0. The van der Waals surface area contributed by atoms with Crippen LogP contribution in [0.4, 0.5) is 0 Å². The summed E-state index contributed by atoms with van der Waals surface area (Å²) >= 11 is 0. The van der Waals surface area contributed by atoms with Gasteiger partial charge in [0, 0.05) is 13.0 Å². The van der Waals surface area contributed by atoms with E-state index in [1.165, 1.54) is 0 Å². The van der Waals surface area contributed by atoms with Crippen molar-refractivity contribution in [3.05, 3.63) is 35.4 Å². The molecule has 23 heavy (non-hydrogen) atoms. The summed E-state index contributed by atoms with van der Waals surface area (Å²) in [6, 6.07) is 7.19. The number of primary amides is 1. The lowest BCUT2D eigenvalue weighted by Crippen LogP contribution is -2.52. The van der Waals surface area contributed by atoms with Gasteiger partial charge in [0.2, 0.25) is 11.8 Å². The van der Waals surface area contributed by atoms with Crippen molar-refractivity contribution in [1.29, 1.82) is 0 Å². The molecule has 1 aromatic carbocycles. The van der Waals surface area contributed by atoms with E-state index in [4.69, 9.17) is 5.73 Å². The highest BCUT2D eigenvalue weighted by molar-refractivity contribution is 5.87. The highest BCUT2D eigenvalue weighted by atomic mass is 16.3. The molecule has 0 radical (unpaired) electrons. The summed E-state index contributed by atoms with van der Waals surface area (Å²) in [5.74, 6) is -0.656. The molecule has 1 aliphatic carbocycles. The lowest BCUT2D eigenvalue weighted by molar-refractivity contribution is -0.145. The van der Waals surface area contributed by atoms with Crippen LogP contribution in [0.2, 0.25) is 0 Å². The van der Waals surface area contributed by atoms with Gasteiger partial charge in [-0.1, -0.05) is 43.5 Å². The second kappa shape index (κ2) is 6.32. The molecule has 0 saturated heterocycles. The molecule has 5 heteroatoms. The van der Waals surface area contributed by atoms with Crippen LogP contribution in [0.5, 0.6) is 0 Å². The van der Waals surface area contributed by atoms with E-state index in [2.05, 4.69) is 0 Å². The number of amides is 2. The van der Waals surface area contributed by atoms with E-state index in [1.54, 1.807) is 4.90 Å². The van der Waals surface area contributed by atoms with Gasteiger partial charge >= 0.3 is 0 Å². The number of benzene rings is 1. The maximum atomic E-state index is 12.8. The third-order valence-corrected chi connectivity index (χ3v) is 5.16. The van der Waals surface area contributed by atoms with Crippen LogP contribution in [-0.2, 0) is 22.6 Å². The minimum atomic E-state index is -0.922. The van der Waals surface area contributed by atoms with E-state index in [0.29, 0.717) is 25.8 Å². The highest BCUT2D eigenvalue weighted by Gasteiger charge is 2.38. The van der Waals surface area contributed by atoms with Gasteiger partial charge in [0.25, 0.3) is 0 Å². The standard InChI is InChI=1S/C18H24N2O3/c19-17(22)15-10-13-6-2-3-7-14(13)12-20(15)16(21)11-18(23)8-4-1-5-9-18/h2-3,6-7,15,23H,1,4-5,8-12H2,(H2,19,22)/t15-/m0/s1. The van der Waals surface area contributed by atoms with Gasteiger partial charge in [-0.25, -0.2) is 0 Å². The fraction of sp³-hybridized carbons (Fsp3) is 0.556. The normalized spacial score (nSPS) is 23.2. The molecule has 2 aliphatic rings. The third-order valence-electron chi connectivity index (χ3n) is 5.16. The minimum absolute atomic E-state index is 0.0823. The average Bonchev–Trinajstić information content (AvgIpc) is 2.53. The molecule has 1 heterocycles. The summed E-state index contributed by atoms with van der Waals surface area (Å²) in [5.41, 5.74) is 6.72. The van der Waals surface area contributed by atoms with Crippen molar-refractivity contribution < 1.29 is 14.7 Å². The molecule has 0 unspecified atom stereocenters. The maximum absolute atomic E-state index is 12.8. The van der Waals surface area contributed by atoms with E-state index >= 15 is 0 Å². The first-order valence-electron chi connectivity index (χ1n) is 8.36. The second-order valence-electron chi connectivity index (χ2n) is 6.87. The Morgan fingerprint density at radius 3 is 2.48 bits per heavy atom. The fourth-order valence-corrected chi connectivity index (χ4v) is 3.81. The Morgan fingerprint density at radius 2 is 1.83 bits per heavy atom. The quantitative estimate of drug-likeness (QED) is 0.886.